The fraction of sp³-hybridized carbons (Fsp3) is 0.258. The molecule has 3 fully saturated rings. The summed E-state index contributed by atoms with van der Waals surface area (Å²) in [6, 6.07) is 24.4. The minimum absolute atomic E-state index is 0.0959. The quantitative estimate of drug-likeness (QED) is 0.280. The Morgan fingerprint density at radius 3 is 2.08 bits per heavy atom. The van der Waals surface area contributed by atoms with Crippen LogP contribution in [-0.2, 0) is 9.59 Å². The highest BCUT2D eigenvalue weighted by Gasteiger charge is 2.67. The van der Waals surface area contributed by atoms with E-state index in [4.69, 9.17) is 4.74 Å². The van der Waals surface area contributed by atoms with Gasteiger partial charge in [-0.25, -0.2) is 4.90 Å². The number of rotatable bonds is 6. The van der Waals surface area contributed by atoms with Gasteiger partial charge in [0.05, 0.1) is 17.5 Å². The van der Waals surface area contributed by atoms with E-state index in [1.165, 1.54) is 4.90 Å². The van der Waals surface area contributed by atoms with Crippen molar-refractivity contribution >= 4 is 23.3 Å². The number of Topliss-reactive ketones (excluding diaryl/α,β-unsaturated/α-hetero) is 1. The Labute approximate surface area is 209 Å². The molecule has 36 heavy (non-hydrogen) atoms. The second kappa shape index (κ2) is 8.02. The van der Waals surface area contributed by atoms with Crippen LogP contribution in [0.25, 0.3) is 11.1 Å². The maximum absolute atomic E-state index is 13.4. The molecule has 178 valence electrons. The Kier molecular flexibility index (Phi) is 4.75. The lowest BCUT2D eigenvalue weighted by atomic mass is 9.63. The molecule has 5 heteroatoms. The lowest BCUT2D eigenvalue weighted by Gasteiger charge is -2.37. The van der Waals surface area contributed by atoms with Gasteiger partial charge in [-0.15, -0.1) is 0 Å². The molecule has 3 aromatic carbocycles. The Morgan fingerprint density at radius 1 is 0.778 bits per heavy atom. The van der Waals surface area contributed by atoms with Crippen molar-refractivity contribution in [1.82, 2.24) is 0 Å². The molecule has 4 aliphatic carbocycles. The van der Waals surface area contributed by atoms with Crippen LogP contribution in [0, 0.1) is 35.5 Å². The van der Waals surface area contributed by atoms with Crippen molar-refractivity contribution in [3.8, 4) is 16.9 Å². The number of imide groups is 1. The molecule has 5 aliphatic rings. The number of nitrogens with zero attached hydrogens (tertiary/aromatic N) is 1. The van der Waals surface area contributed by atoms with Crippen LogP contribution in [0.5, 0.6) is 5.75 Å². The van der Waals surface area contributed by atoms with Crippen molar-refractivity contribution in [3.63, 3.8) is 0 Å². The lowest BCUT2D eigenvalue weighted by Crippen LogP contribution is -2.40. The molecule has 0 spiro atoms. The molecule has 1 saturated heterocycles. The number of anilines is 1. The number of allylic oxidation sites excluding steroid dienone is 2. The van der Waals surface area contributed by atoms with Crippen LogP contribution in [0.3, 0.4) is 0 Å². The van der Waals surface area contributed by atoms with Crippen LogP contribution in [-0.4, -0.2) is 24.2 Å². The highest BCUT2D eigenvalue weighted by molar-refractivity contribution is 6.22. The largest absolute Gasteiger partial charge is 0.485 e. The van der Waals surface area contributed by atoms with E-state index in [2.05, 4.69) is 12.2 Å². The summed E-state index contributed by atoms with van der Waals surface area (Å²) >= 11 is 0. The zero-order valence-corrected chi connectivity index (χ0v) is 19.6. The van der Waals surface area contributed by atoms with E-state index < -0.39 is 0 Å². The average molecular weight is 476 g/mol. The number of benzene rings is 3. The van der Waals surface area contributed by atoms with Crippen LogP contribution in [0.15, 0.2) is 91.0 Å². The molecule has 0 aromatic heterocycles. The zero-order valence-electron chi connectivity index (χ0n) is 19.6. The topological polar surface area (TPSA) is 63.7 Å². The van der Waals surface area contributed by atoms with Gasteiger partial charge in [-0.2, -0.15) is 0 Å². The number of ketones is 1. The first-order valence-corrected chi connectivity index (χ1v) is 12.6. The average Bonchev–Trinajstić information content (AvgIpc) is 3.71. The number of hydrogen-bond donors (Lipinski definition) is 0. The molecule has 6 atom stereocenters. The van der Waals surface area contributed by atoms with Crippen molar-refractivity contribution in [2.24, 2.45) is 35.5 Å². The lowest BCUT2D eigenvalue weighted by molar-refractivity contribution is -0.124. The Morgan fingerprint density at radius 2 is 1.42 bits per heavy atom. The van der Waals surface area contributed by atoms with Gasteiger partial charge >= 0.3 is 0 Å². The summed E-state index contributed by atoms with van der Waals surface area (Å²) in [7, 11) is 0. The van der Waals surface area contributed by atoms with Crippen molar-refractivity contribution in [2.75, 3.05) is 11.5 Å². The fourth-order valence-corrected chi connectivity index (χ4v) is 6.64. The molecule has 2 saturated carbocycles. The summed E-state index contributed by atoms with van der Waals surface area (Å²) in [6.45, 7) is -0.126. The molecular weight excluding hydrogens is 450 g/mol. The minimum Gasteiger partial charge on any atom is -0.485 e. The predicted molar refractivity (Wildman–Crippen MR) is 135 cm³/mol. The van der Waals surface area contributed by atoms with Gasteiger partial charge in [-0.1, -0.05) is 72.8 Å². The normalized spacial score (nSPS) is 29.2. The van der Waals surface area contributed by atoms with E-state index in [-0.39, 0.29) is 47.9 Å². The first-order valence-electron chi connectivity index (χ1n) is 12.6. The summed E-state index contributed by atoms with van der Waals surface area (Å²) in [6.07, 6.45) is 5.49. The molecule has 1 aliphatic heterocycles. The van der Waals surface area contributed by atoms with E-state index in [0.717, 1.165) is 17.5 Å². The third-order valence-electron chi connectivity index (χ3n) is 8.42. The van der Waals surface area contributed by atoms with Crippen molar-refractivity contribution < 1.29 is 19.1 Å². The summed E-state index contributed by atoms with van der Waals surface area (Å²) < 4.78 is 5.79. The van der Waals surface area contributed by atoms with Crippen molar-refractivity contribution in [2.45, 2.75) is 6.42 Å². The molecular formula is C31H25NO4. The summed E-state index contributed by atoms with van der Waals surface area (Å²) in [5.41, 5.74) is 3.23. The number of ether oxygens (including phenoxy) is 1. The van der Waals surface area contributed by atoms with Gasteiger partial charge in [0.1, 0.15) is 5.75 Å². The predicted octanol–water partition coefficient (Wildman–Crippen LogP) is 5.17. The number of carbonyl (C=O) groups excluding carboxylic acids is 3. The smallest absolute Gasteiger partial charge is 0.238 e. The molecule has 1 heterocycles. The van der Waals surface area contributed by atoms with E-state index in [0.29, 0.717) is 28.8 Å². The van der Waals surface area contributed by atoms with E-state index in [1.807, 2.05) is 42.5 Å². The Hall–Kier alpha value is -3.99. The Balaban J connectivity index is 1.05. The van der Waals surface area contributed by atoms with E-state index in [1.54, 1.807) is 36.4 Å². The SMILES string of the molecule is O=C(COc1cccc(N2C(=O)[C@H]3[C@@H]4C=C[C@@H]([C@H]5C[C@H]45)[C@@H]3C2=O)c1)c1ccc(-c2ccccc2)cc1. The fourth-order valence-electron chi connectivity index (χ4n) is 6.64. The zero-order chi connectivity index (χ0) is 24.4. The maximum atomic E-state index is 13.4. The van der Waals surface area contributed by atoms with Gasteiger partial charge < -0.3 is 4.74 Å². The van der Waals surface area contributed by atoms with E-state index in [9.17, 15) is 14.4 Å². The maximum Gasteiger partial charge on any atom is 0.238 e. The molecule has 2 bridgehead atoms. The second-order valence-corrected chi connectivity index (χ2v) is 10.3. The third kappa shape index (κ3) is 3.26. The van der Waals surface area contributed by atoms with Crippen LogP contribution in [0.2, 0.25) is 0 Å². The van der Waals surface area contributed by atoms with Crippen molar-refractivity contribution in [3.05, 3.63) is 96.6 Å². The van der Waals surface area contributed by atoms with E-state index >= 15 is 0 Å². The molecule has 0 N–H and O–H groups in total. The summed E-state index contributed by atoms with van der Waals surface area (Å²) in [5.74, 6) is 1.18. The Bertz CT molecular complexity index is 1370. The van der Waals surface area contributed by atoms with Gasteiger partial charge in [-0.05, 0) is 53.4 Å². The number of carbonyl (C=O) groups is 3. The highest BCUT2D eigenvalue weighted by atomic mass is 16.5. The molecule has 0 unspecified atom stereocenters. The van der Waals surface area contributed by atoms with Crippen LogP contribution >= 0.6 is 0 Å². The summed E-state index contributed by atoms with van der Waals surface area (Å²) in [5, 5.41) is 0. The van der Waals surface area contributed by atoms with Gasteiger partial charge in [0.2, 0.25) is 11.8 Å². The summed E-state index contributed by atoms with van der Waals surface area (Å²) in [4.78, 5) is 40.8. The van der Waals surface area contributed by atoms with Crippen LogP contribution in [0.1, 0.15) is 16.8 Å². The number of amides is 2. The van der Waals surface area contributed by atoms with Crippen molar-refractivity contribution in [1.29, 1.82) is 0 Å². The molecule has 5 nitrogen and oxygen atoms in total. The first-order chi connectivity index (χ1) is 17.6. The van der Waals surface area contributed by atoms with Gasteiger partial charge in [0, 0.05) is 11.6 Å². The molecule has 3 aromatic rings. The minimum atomic E-state index is -0.235. The third-order valence-corrected chi connectivity index (χ3v) is 8.42. The monoisotopic (exact) mass is 475 g/mol. The van der Waals surface area contributed by atoms with Crippen LogP contribution in [0.4, 0.5) is 5.69 Å². The van der Waals surface area contributed by atoms with Gasteiger partial charge in [0.25, 0.3) is 0 Å². The molecule has 2 amide bonds. The standard InChI is InChI=1S/C31H25NO4/c33-27(20-11-9-19(10-12-20)18-5-2-1-3-6-18)17-36-22-8-4-7-21(15-22)32-30(34)28-23-13-14-24(26-16-25(23)26)29(28)31(32)35/h1-15,23-26,28-29H,16-17H2/t23-,24+,25-,26-,28+,29+/m1/s1. The van der Waals surface area contributed by atoms with Crippen LogP contribution < -0.4 is 9.64 Å². The second-order valence-electron chi connectivity index (χ2n) is 10.3. The number of hydrogen-bond acceptors (Lipinski definition) is 4. The van der Waals surface area contributed by atoms with Gasteiger partial charge in [0.15, 0.2) is 12.4 Å². The molecule has 8 rings (SSSR count). The molecule has 0 radical (unpaired) electrons. The van der Waals surface area contributed by atoms with Gasteiger partial charge in [-0.3, -0.25) is 14.4 Å². The first kappa shape index (κ1) is 21.3. The highest BCUT2D eigenvalue weighted by Crippen LogP contribution is 2.65.